The smallest absolute Gasteiger partial charge is 0.198 e. The molecule has 5 heteroatoms. The molecule has 1 rings (SSSR count). The Morgan fingerprint density at radius 3 is 3.00 bits per heavy atom. The van der Waals surface area contributed by atoms with Crippen molar-refractivity contribution in [3.8, 4) is 0 Å². The van der Waals surface area contributed by atoms with Gasteiger partial charge in [-0.25, -0.2) is 4.68 Å². The summed E-state index contributed by atoms with van der Waals surface area (Å²) in [5, 5.41) is 7.48. The largest absolute Gasteiger partial charge is 0.321 e. The van der Waals surface area contributed by atoms with E-state index in [4.69, 9.17) is 5.73 Å². The molecule has 0 aromatic carbocycles. The fourth-order valence-electron chi connectivity index (χ4n) is 1.06. The van der Waals surface area contributed by atoms with E-state index in [1.54, 1.807) is 11.6 Å². The third kappa shape index (κ3) is 2.12. The van der Waals surface area contributed by atoms with Gasteiger partial charge in [0, 0.05) is 6.54 Å². The van der Waals surface area contributed by atoms with Gasteiger partial charge < -0.3 is 5.73 Å². The molecule has 0 saturated heterocycles. The summed E-state index contributed by atoms with van der Waals surface area (Å²) in [6.07, 6.45) is 2.38. The van der Waals surface area contributed by atoms with Crippen LogP contribution in [-0.2, 0) is 6.54 Å². The van der Waals surface area contributed by atoms with Crippen LogP contribution in [0.5, 0.6) is 0 Å². The second kappa shape index (κ2) is 4.13. The molecule has 1 atom stereocenters. The van der Waals surface area contributed by atoms with Crippen LogP contribution in [0.15, 0.2) is 6.20 Å². The van der Waals surface area contributed by atoms with E-state index < -0.39 is 6.04 Å². The molecule has 0 saturated carbocycles. The van der Waals surface area contributed by atoms with Gasteiger partial charge in [0.05, 0.1) is 12.2 Å². The molecule has 2 N–H and O–H groups in total. The molecule has 72 valence electrons. The number of carbonyl (C=O) groups excluding carboxylic acids is 1. The molecule has 0 aliphatic heterocycles. The SMILES string of the molecule is CCCn1nncc1C(=O)C(C)N. The van der Waals surface area contributed by atoms with Gasteiger partial charge in [-0.05, 0) is 13.3 Å². The van der Waals surface area contributed by atoms with Crippen LogP contribution in [0, 0.1) is 0 Å². The highest BCUT2D eigenvalue weighted by atomic mass is 16.1. The quantitative estimate of drug-likeness (QED) is 0.676. The molecule has 13 heavy (non-hydrogen) atoms. The van der Waals surface area contributed by atoms with Crippen LogP contribution in [0.1, 0.15) is 30.8 Å². The summed E-state index contributed by atoms with van der Waals surface area (Å²) in [4.78, 5) is 11.5. The third-order valence-electron chi connectivity index (χ3n) is 1.72. The topological polar surface area (TPSA) is 73.8 Å². The van der Waals surface area contributed by atoms with Gasteiger partial charge >= 0.3 is 0 Å². The van der Waals surface area contributed by atoms with E-state index in [9.17, 15) is 4.79 Å². The number of hydrogen-bond acceptors (Lipinski definition) is 4. The molecular weight excluding hydrogens is 168 g/mol. The van der Waals surface area contributed by atoms with Crippen LogP contribution in [0.4, 0.5) is 0 Å². The summed E-state index contributed by atoms with van der Waals surface area (Å²) in [7, 11) is 0. The first-order valence-electron chi connectivity index (χ1n) is 4.35. The first-order chi connectivity index (χ1) is 6.16. The number of carbonyl (C=O) groups is 1. The summed E-state index contributed by atoms with van der Waals surface area (Å²) in [6.45, 7) is 4.38. The fourth-order valence-corrected chi connectivity index (χ4v) is 1.06. The molecule has 1 unspecified atom stereocenters. The minimum Gasteiger partial charge on any atom is -0.321 e. The lowest BCUT2D eigenvalue weighted by molar-refractivity contribution is 0.0957. The molecule has 0 fully saturated rings. The molecule has 0 aliphatic rings. The zero-order valence-corrected chi connectivity index (χ0v) is 7.90. The molecule has 0 amide bonds. The summed E-state index contributed by atoms with van der Waals surface area (Å²) < 4.78 is 1.59. The lowest BCUT2D eigenvalue weighted by atomic mass is 10.2. The minimum atomic E-state index is -0.492. The highest BCUT2D eigenvalue weighted by Crippen LogP contribution is 2.01. The van der Waals surface area contributed by atoms with Crippen LogP contribution in [0.3, 0.4) is 0 Å². The molecule has 0 aliphatic carbocycles. The van der Waals surface area contributed by atoms with Crippen LogP contribution in [-0.4, -0.2) is 26.8 Å². The highest BCUT2D eigenvalue weighted by molar-refractivity contribution is 5.97. The Balaban J connectivity index is 2.87. The van der Waals surface area contributed by atoms with Gasteiger partial charge in [0.15, 0.2) is 5.78 Å². The van der Waals surface area contributed by atoms with E-state index in [0.717, 1.165) is 6.42 Å². The van der Waals surface area contributed by atoms with E-state index in [2.05, 4.69) is 10.3 Å². The monoisotopic (exact) mass is 182 g/mol. The number of hydrogen-bond donors (Lipinski definition) is 1. The Labute approximate surface area is 76.9 Å². The molecule has 1 aromatic heterocycles. The number of ketones is 1. The summed E-state index contributed by atoms with van der Waals surface area (Å²) in [5.41, 5.74) is 5.97. The number of aromatic nitrogens is 3. The Morgan fingerprint density at radius 2 is 2.46 bits per heavy atom. The van der Waals surface area contributed by atoms with Crippen LogP contribution in [0.2, 0.25) is 0 Å². The van der Waals surface area contributed by atoms with E-state index in [-0.39, 0.29) is 5.78 Å². The van der Waals surface area contributed by atoms with Gasteiger partial charge in [0.1, 0.15) is 5.69 Å². The number of rotatable bonds is 4. The van der Waals surface area contributed by atoms with Crippen molar-refractivity contribution in [3.05, 3.63) is 11.9 Å². The fraction of sp³-hybridized carbons (Fsp3) is 0.625. The predicted octanol–water partition coefficient (Wildman–Crippen LogP) is 0.218. The van der Waals surface area contributed by atoms with Crippen molar-refractivity contribution in [1.82, 2.24) is 15.0 Å². The van der Waals surface area contributed by atoms with Crippen molar-refractivity contribution < 1.29 is 4.79 Å². The van der Waals surface area contributed by atoms with Crippen LogP contribution in [0.25, 0.3) is 0 Å². The Kier molecular flexibility index (Phi) is 3.13. The number of aryl methyl sites for hydroxylation is 1. The van der Waals surface area contributed by atoms with Gasteiger partial charge in [-0.15, -0.1) is 5.10 Å². The number of Topliss-reactive ketones (excluding diaryl/α,β-unsaturated/α-hetero) is 1. The maximum Gasteiger partial charge on any atom is 0.198 e. The normalized spacial score (nSPS) is 12.8. The van der Waals surface area contributed by atoms with Gasteiger partial charge in [-0.2, -0.15) is 0 Å². The van der Waals surface area contributed by atoms with E-state index in [1.807, 2.05) is 6.92 Å². The molecule has 0 spiro atoms. The number of nitrogens with two attached hydrogens (primary N) is 1. The molecule has 1 heterocycles. The Bertz CT molecular complexity index is 292. The maximum absolute atomic E-state index is 11.5. The first kappa shape index (κ1) is 9.85. The number of nitrogens with zero attached hydrogens (tertiary/aromatic N) is 3. The second-order valence-electron chi connectivity index (χ2n) is 3.00. The average Bonchev–Trinajstić information content (AvgIpc) is 2.52. The summed E-state index contributed by atoms with van der Waals surface area (Å²) in [5.74, 6) is -0.113. The van der Waals surface area contributed by atoms with E-state index in [0.29, 0.717) is 12.2 Å². The maximum atomic E-state index is 11.5. The van der Waals surface area contributed by atoms with Crippen molar-refractivity contribution in [3.63, 3.8) is 0 Å². The van der Waals surface area contributed by atoms with E-state index in [1.165, 1.54) is 6.20 Å². The first-order valence-corrected chi connectivity index (χ1v) is 4.35. The molecule has 0 radical (unpaired) electrons. The molecule has 1 aromatic rings. The molecular formula is C8H14N4O. The zero-order chi connectivity index (χ0) is 9.84. The highest BCUT2D eigenvalue weighted by Gasteiger charge is 2.15. The predicted molar refractivity (Wildman–Crippen MR) is 48.3 cm³/mol. The van der Waals surface area contributed by atoms with Gasteiger partial charge in [0.25, 0.3) is 0 Å². The lowest BCUT2D eigenvalue weighted by Gasteiger charge is -2.05. The van der Waals surface area contributed by atoms with Crippen molar-refractivity contribution in [1.29, 1.82) is 0 Å². The van der Waals surface area contributed by atoms with Crippen molar-refractivity contribution >= 4 is 5.78 Å². The standard InChI is InChI=1S/C8H14N4O/c1-3-4-12-7(5-10-11-12)8(13)6(2)9/h5-6H,3-4,9H2,1-2H3. The Morgan fingerprint density at radius 1 is 1.77 bits per heavy atom. The summed E-state index contributed by atoms with van der Waals surface area (Å²) in [6, 6.07) is -0.492. The van der Waals surface area contributed by atoms with Gasteiger partial charge in [-0.1, -0.05) is 12.1 Å². The Hall–Kier alpha value is -1.23. The lowest BCUT2D eigenvalue weighted by Crippen LogP contribution is -2.28. The van der Waals surface area contributed by atoms with Gasteiger partial charge in [0.2, 0.25) is 0 Å². The zero-order valence-electron chi connectivity index (χ0n) is 7.90. The summed E-state index contributed by atoms with van der Waals surface area (Å²) >= 11 is 0. The third-order valence-corrected chi connectivity index (χ3v) is 1.72. The molecule has 0 bridgehead atoms. The van der Waals surface area contributed by atoms with Crippen molar-refractivity contribution in [2.45, 2.75) is 32.9 Å². The van der Waals surface area contributed by atoms with Crippen molar-refractivity contribution in [2.75, 3.05) is 0 Å². The van der Waals surface area contributed by atoms with E-state index >= 15 is 0 Å². The van der Waals surface area contributed by atoms with Gasteiger partial charge in [-0.3, -0.25) is 4.79 Å². The molecule has 5 nitrogen and oxygen atoms in total. The average molecular weight is 182 g/mol. The van der Waals surface area contributed by atoms with Crippen LogP contribution >= 0.6 is 0 Å². The minimum absolute atomic E-state index is 0.113. The van der Waals surface area contributed by atoms with Crippen LogP contribution < -0.4 is 5.73 Å². The second-order valence-corrected chi connectivity index (χ2v) is 3.00. The van der Waals surface area contributed by atoms with Crippen molar-refractivity contribution in [2.24, 2.45) is 5.73 Å².